The molecule has 0 radical (unpaired) electrons. The quantitative estimate of drug-likeness (QED) is 0.828. The average Bonchev–Trinajstić information content (AvgIpc) is 3.17. The van der Waals surface area contributed by atoms with Crippen molar-refractivity contribution >= 4 is 17.4 Å². The first-order valence-electron chi connectivity index (χ1n) is 7.46. The number of rotatable bonds is 6. The molecule has 0 amide bonds. The lowest BCUT2D eigenvalue weighted by molar-refractivity contribution is 0.423. The van der Waals surface area contributed by atoms with Gasteiger partial charge in [-0.3, -0.25) is 4.98 Å². The summed E-state index contributed by atoms with van der Waals surface area (Å²) in [5.41, 5.74) is 2.15. The standard InChI is InChI=1S/C14H20N6S/c1-2-15-11-7-8-16-12(9-11)10-21-14-17-18-19-20(14)13-5-3-4-6-13/h7-9,13H,2-6,10H2,1H3,(H,15,16). The topological polar surface area (TPSA) is 68.5 Å². The molecule has 0 aliphatic heterocycles. The number of hydrogen-bond acceptors (Lipinski definition) is 6. The first-order chi connectivity index (χ1) is 10.4. The zero-order valence-corrected chi connectivity index (χ0v) is 13.0. The van der Waals surface area contributed by atoms with Gasteiger partial charge in [0.1, 0.15) is 0 Å². The summed E-state index contributed by atoms with van der Waals surface area (Å²) in [6.45, 7) is 3.00. The third-order valence-electron chi connectivity index (χ3n) is 3.68. The largest absolute Gasteiger partial charge is 0.385 e. The van der Waals surface area contributed by atoms with Crippen molar-refractivity contribution in [3.05, 3.63) is 24.0 Å². The second-order valence-corrected chi connectivity index (χ2v) is 6.14. The van der Waals surface area contributed by atoms with Crippen LogP contribution in [0.15, 0.2) is 23.5 Å². The fourth-order valence-corrected chi connectivity index (χ4v) is 3.52. The summed E-state index contributed by atoms with van der Waals surface area (Å²) in [6, 6.07) is 4.55. The lowest BCUT2D eigenvalue weighted by Gasteiger charge is -2.10. The van der Waals surface area contributed by atoms with Crippen molar-refractivity contribution in [2.24, 2.45) is 0 Å². The van der Waals surface area contributed by atoms with Crippen molar-refractivity contribution in [1.82, 2.24) is 25.2 Å². The Morgan fingerprint density at radius 2 is 2.24 bits per heavy atom. The van der Waals surface area contributed by atoms with E-state index in [1.54, 1.807) is 11.8 Å². The molecule has 0 saturated heterocycles. The zero-order chi connectivity index (χ0) is 14.5. The summed E-state index contributed by atoms with van der Waals surface area (Å²) in [5.74, 6) is 0.784. The molecule has 0 spiro atoms. The molecule has 1 fully saturated rings. The number of aromatic nitrogens is 5. The van der Waals surface area contributed by atoms with E-state index in [0.29, 0.717) is 6.04 Å². The summed E-state index contributed by atoms with van der Waals surface area (Å²) in [4.78, 5) is 4.41. The highest BCUT2D eigenvalue weighted by Gasteiger charge is 2.21. The molecule has 3 rings (SSSR count). The third-order valence-corrected chi connectivity index (χ3v) is 4.65. The van der Waals surface area contributed by atoms with Crippen LogP contribution in [0.4, 0.5) is 5.69 Å². The molecule has 1 aliphatic carbocycles. The third kappa shape index (κ3) is 3.53. The molecule has 7 heteroatoms. The zero-order valence-electron chi connectivity index (χ0n) is 12.2. The predicted molar refractivity (Wildman–Crippen MR) is 83.3 cm³/mol. The molecule has 6 nitrogen and oxygen atoms in total. The number of pyridine rings is 1. The number of thioether (sulfide) groups is 1. The van der Waals surface area contributed by atoms with Crippen molar-refractivity contribution < 1.29 is 0 Å². The van der Waals surface area contributed by atoms with E-state index in [9.17, 15) is 0 Å². The molecule has 2 heterocycles. The van der Waals surface area contributed by atoms with Gasteiger partial charge >= 0.3 is 0 Å². The van der Waals surface area contributed by atoms with Gasteiger partial charge in [0, 0.05) is 24.2 Å². The Morgan fingerprint density at radius 1 is 1.38 bits per heavy atom. The highest BCUT2D eigenvalue weighted by molar-refractivity contribution is 7.98. The maximum absolute atomic E-state index is 4.41. The van der Waals surface area contributed by atoms with Gasteiger partial charge in [-0.15, -0.1) is 5.10 Å². The van der Waals surface area contributed by atoms with Crippen LogP contribution in [-0.4, -0.2) is 31.7 Å². The molecule has 0 aromatic carbocycles. The number of nitrogens with zero attached hydrogens (tertiary/aromatic N) is 5. The molecule has 0 unspecified atom stereocenters. The molecule has 1 N–H and O–H groups in total. The minimum absolute atomic E-state index is 0.476. The molecule has 112 valence electrons. The van der Waals surface area contributed by atoms with Gasteiger partial charge in [0.15, 0.2) is 0 Å². The molecule has 2 aromatic heterocycles. The van der Waals surface area contributed by atoms with Crippen LogP contribution < -0.4 is 5.32 Å². The van der Waals surface area contributed by atoms with Gasteiger partial charge < -0.3 is 5.32 Å². The van der Waals surface area contributed by atoms with E-state index in [0.717, 1.165) is 28.8 Å². The summed E-state index contributed by atoms with van der Waals surface area (Å²) in [5, 5.41) is 16.4. The Bertz CT molecular complexity index is 578. The van der Waals surface area contributed by atoms with Crippen molar-refractivity contribution in [3.63, 3.8) is 0 Å². The number of anilines is 1. The van der Waals surface area contributed by atoms with Gasteiger partial charge in [0.05, 0.1) is 11.7 Å². The van der Waals surface area contributed by atoms with Gasteiger partial charge in [-0.2, -0.15) is 0 Å². The second-order valence-electron chi connectivity index (χ2n) is 5.20. The van der Waals surface area contributed by atoms with E-state index in [2.05, 4.69) is 38.8 Å². The molecule has 0 bridgehead atoms. The van der Waals surface area contributed by atoms with Crippen LogP contribution in [-0.2, 0) is 5.75 Å². The van der Waals surface area contributed by atoms with Crippen LogP contribution in [0.2, 0.25) is 0 Å². The SMILES string of the molecule is CCNc1ccnc(CSc2nnnn2C2CCCC2)c1. The van der Waals surface area contributed by atoms with E-state index in [1.807, 2.05) is 16.9 Å². The highest BCUT2D eigenvalue weighted by atomic mass is 32.2. The number of tetrazole rings is 1. The van der Waals surface area contributed by atoms with Crippen LogP contribution in [0.25, 0.3) is 0 Å². The summed E-state index contributed by atoms with van der Waals surface area (Å²) < 4.78 is 1.99. The van der Waals surface area contributed by atoms with Crippen LogP contribution in [0.5, 0.6) is 0 Å². The van der Waals surface area contributed by atoms with Crippen molar-refractivity contribution in [2.45, 2.75) is 49.6 Å². The van der Waals surface area contributed by atoms with Gasteiger partial charge in [-0.25, -0.2) is 4.68 Å². The van der Waals surface area contributed by atoms with Crippen LogP contribution in [0, 0.1) is 0 Å². The molecule has 2 aromatic rings. The Morgan fingerprint density at radius 3 is 3.05 bits per heavy atom. The van der Waals surface area contributed by atoms with Gasteiger partial charge in [-0.1, -0.05) is 24.6 Å². The van der Waals surface area contributed by atoms with Crippen molar-refractivity contribution in [3.8, 4) is 0 Å². The fraction of sp³-hybridized carbons (Fsp3) is 0.571. The van der Waals surface area contributed by atoms with E-state index >= 15 is 0 Å². The van der Waals surface area contributed by atoms with Crippen molar-refractivity contribution in [2.75, 3.05) is 11.9 Å². The second kappa shape index (κ2) is 6.89. The molecule has 21 heavy (non-hydrogen) atoms. The van der Waals surface area contributed by atoms with Crippen LogP contribution >= 0.6 is 11.8 Å². The average molecular weight is 304 g/mol. The monoisotopic (exact) mass is 304 g/mol. The molecular weight excluding hydrogens is 284 g/mol. The Balaban J connectivity index is 1.65. The highest BCUT2D eigenvalue weighted by Crippen LogP contribution is 2.32. The van der Waals surface area contributed by atoms with Crippen molar-refractivity contribution in [1.29, 1.82) is 0 Å². The predicted octanol–water partition coefficient (Wildman–Crippen LogP) is 2.91. The normalized spacial score (nSPS) is 15.5. The number of nitrogens with one attached hydrogen (secondary N) is 1. The lowest BCUT2D eigenvalue weighted by atomic mass is 10.3. The fourth-order valence-electron chi connectivity index (χ4n) is 2.67. The minimum Gasteiger partial charge on any atom is -0.385 e. The van der Waals surface area contributed by atoms with Gasteiger partial charge in [0.2, 0.25) is 5.16 Å². The van der Waals surface area contributed by atoms with Gasteiger partial charge in [-0.05, 0) is 42.3 Å². The maximum Gasteiger partial charge on any atom is 0.209 e. The number of hydrogen-bond donors (Lipinski definition) is 1. The lowest BCUT2D eigenvalue weighted by Crippen LogP contribution is -2.08. The summed E-state index contributed by atoms with van der Waals surface area (Å²) >= 11 is 1.66. The Hall–Kier alpha value is -1.63. The van der Waals surface area contributed by atoms with Gasteiger partial charge in [0.25, 0.3) is 0 Å². The smallest absolute Gasteiger partial charge is 0.209 e. The van der Waals surface area contributed by atoms with E-state index in [-0.39, 0.29) is 0 Å². The molecule has 0 atom stereocenters. The summed E-state index contributed by atoms with van der Waals surface area (Å²) in [7, 11) is 0. The summed E-state index contributed by atoms with van der Waals surface area (Å²) in [6.07, 6.45) is 6.77. The van der Waals surface area contributed by atoms with E-state index in [1.165, 1.54) is 25.7 Å². The van der Waals surface area contributed by atoms with Crippen LogP contribution in [0.3, 0.4) is 0 Å². The van der Waals surface area contributed by atoms with E-state index < -0.39 is 0 Å². The molecular formula is C14H20N6S. The minimum atomic E-state index is 0.476. The first kappa shape index (κ1) is 14.3. The van der Waals surface area contributed by atoms with Crippen LogP contribution in [0.1, 0.15) is 44.3 Å². The molecule has 1 saturated carbocycles. The maximum atomic E-state index is 4.41. The first-order valence-corrected chi connectivity index (χ1v) is 8.45. The Labute approximate surface area is 128 Å². The van der Waals surface area contributed by atoms with E-state index in [4.69, 9.17) is 0 Å². The Kier molecular flexibility index (Phi) is 4.69. The molecule has 1 aliphatic rings.